The Kier molecular flexibility index (Phi) is 7.61. The zero-order valence-corrected chi connectivity index (χ0v) is 18.9. The first-order valence-electron chi connectivity index (χ1n) is 9.65. The predicted octanol–water partition coefficient (Wildman–Crippen LogP) is 2.23. The van der Waals surface area contributed by atoms with Crippen LogP contribution in [0.3, 0.4) is 0 Å². The number of amides is 2. The van der Waals surface area contributed by atoms with E-state index in [1.54, 1.807) is 38.1 Å². The van der Waals surface area contributed by atoms with Crippen molar-refractivity contribution in [1.82, 2.24) is 10.2 Å². The summed E-state index contributed by atoms with van der Waals surface area (Å²) in [5.41, 5.74) is 3.05. The van der Waals surface area contributed by atoms with E-state index in [0.717, 1.165) is 27.3 Å². The Balaban J connectivity index is 2.41. The van der Waals surface area contributed by atoms with Gasteiger partial charge in [-0.3, -0.25) is 13.9 Å². The van der Waals surface area contributed by atoms with Gasteiger partial charge in [-0.15, -0.1) is 0 Å². The van der Waals surface area contributed by atoms with E-state index in [1.807, 2.05) is 31.2 Å². The number of hydrogen-bond donors (Lipinski definition) is 1. The molecule has 2 amide bonds. The van der Waals surface area contributed by atoms with Crippen LogP contribution >= 0.6 is 0 Å². The first-order valence-corrected chi connectivity index (χ1v) is 11.5. The second kappa shape index (κ2) is 9.75. The third kappa shape index (κ3) is 5.60. The van der Waals surface area contributed by atoms with Gasteiger partial charge in [0.1, 0.15) is 12.6 Å². The molecule has 0 aliphatic heterocycles. The Morgan fingerprint density at radius 2 is 1.57 bits per heavy atom. The number of hydrogen-bond acceptors (Lipinski definition) is 4. The number of benzene rings is 2. The van der Waals surface area contributed by atoms with Crippen molar-refractivity contribution in [2.45, 2.75) is 33.4 Å². The molecule has 0 saturated heterocycles. The molecule has 0 heterocycles. The van der Waals surface area contributed by atoms with Crippen LogP contribution in [0, 0.1) is 13.8 Å². The van der Waals surface area contributed by atoms with E-state index in [4.69, 9.17) is 0 Å². The maximum absolute atomic E-state index is 13.3. The Morgan fingerprint density at radius 3 is 2.10 bits per heavy atom. The second-order valence-electron chi connectivity index (χ2n) is 7.29. The molecule has 7 nitrogen and oxygen atoms in total. The Morgan fingerprint density at radius 1 is 1.00 bits per heavy atom. The SMILES string of the molecule is CNC(=O)C(C)N(Cc1ccccc1C)C(=O)CN(c1ccccc1C)S(C)(=O)=O. The largest absolute Gasteiger partial charge is 0.357 e. The summed E-state index contributed by atoms with van der Waals surface area (Å²) in [6.45, 7) is 5.16. The van der Waals surface area contributed by atoms with E-state index in [9.17, 15) is 18.0 Å². The molecule has 0 radical (unpaired) electrons. The summed E-state index contributed by atoms with van der Waals surface area (Å²) in [5.74, 6) is -0.776. The molecule has 0 aliphatic rings. The third-order valence-electron chi connectivity index (χ3n) is 5.08. The summed E-state index contributed by atoms with van der Waals surface area (Å²) < 4.78 is 26.1. The van der Waals surface area contributed by atoms with Crippen molar-refractivity contribution in [2.75, 3.05) is 24.2 Å². The molecule has 162 valence electrons. The quantitative estimate of drug-likeness (QED) is 0.694. The normalized spacial score (nSPS) is 12.2. The number of sulfonamides is 1. The number of nitrogens with one attached hydrogen (secondary N) is 1. The van der Waals surface area contributed by atoms with Gasteiger partial charge in [-0.1, -0.05) is 42.5 Å². The maximum Gasteiger partial charge on any atom is 0.244 e. The molecule has 30 heavy (non-hydrogen) atoms. The molecule has 0 spiro atoms. The van der Waals surface area contributed by atoms with Crippen LogP contribution in [0.1, 0.15) is 23.6 Å². The van der Waals surface area contributed by atoms with Crippen LogP contribution in [0.25, 0.3) is 0 Å². The third-order valence-corrected chi connectivity index (χ3v) is 6.21. The minimum absolute atomic E-state index is 0.200. The van der Waals surface area contributed by atoms with E-state index in [1.165, 1.54) is 11.9 Å². The number of rotatable bonds is 8. The van der Waals surface area contributed by atoms with Crippen molar-refractivity contribution < 1.29 is 18.0 Å². The molecule has 1 atom stereocenters. The van der Waals surface area contributed by atoms with Crippen molar-refractivity contribution in [3.8, 4) is 0 Å². The van der Waals surface area contributed by atoms with Crippen molar-refractivity contribution in [1.29, 1.82) is 0 Å². The summed E-state index contributed by atoms with van der Waals surface area (Å²) in [6, 6.07) is 13.8. The van der Waals surface area contributed by atoms with E-state index in [0.29, 0.717) is 5.69 Å². The fourth-order valence-corrected chi connectivity index (χ4v) is 4.11. The Bertz CT molecular complexity index is 1020. The van der Waals surface area contributed by atoms with Crippen LogP contribution in [-0.4, -0.2) is 51.0 Å². The van der Waals surface area contributed by atoms with Crippen molar-refractivity contribution in [3.05, 3.63) is 65.2 Å². The minimum atomic E-state index is -3.72. The van der Waals surface area contributed by atoms with Crippen LogP contribution < -0.4 is 9.62 Å². The molecule has 0 aliphatic carbocycles. The molecule has 0 saturated carbocycles. The van der Waals surface area contributed by atoms with Crippen LogP contribution in [0.5, 0.6) is 0 Å². The van der Waals surface area contributed by atoms with Crippen molar-refractivity contribution in [2.24, 2.45) is 0 Å². The molecule has 0 fully saturated rings. The van der Waals surface area contributed by atoms with Gasteiger partial charge in [0.25, 0.3) is 0 Å². The van der Waals surface area contributed by atoms with Gasteiger partial charge in [0.05, 0.1) is 11.9 Å². The highest BCUT2D eigenvalue weighted by molar-refractivity contribution is 7.92. The number of para-hydroxylation sites is 1. The summed E-state index contributed by atoms with van der Waals surface area (Å²) in [5, 5.41) is 2.56. The first-order chi connectivity index (χ1) is 14.1. The first kappa shape index (κ1) is 23.4. The lowest BCUT2D eigenvalue weighted by atomic mass is 10.1. The number of likely N-dealkylation sites (N-methyl/N-ethyl adjacent to an activating group) is 1. The van der Waals surface area contributed by atoms with Crippen LogP contribution in [-0.2, 0) is 26.2 Å². The molecule has 1 unspecified atom stereocenters. The number of carbonyl (C=O) groups is 2. The lowest BCUT2D eigenvalue weighted by Gasteiger charge is -2.32. The van der Waals surface area contributed by atoms with Gasteiger partial charge in [-0.25, -0.2) is 8.42 Å². The average molecular weight is 432 g/mol. The topological polar surface area (TPSA) is 86.8 Å². The number of anilines is 1. The molecule has 0 aromatic heterocycles. The average Bonchev–Trinajstić information content (AvgIpc) is 2.70. The van der Waals surface area contributed by atoms with Gasteiger partial charge >= 0.3 is 0 Å². The fraction of sp³-hybridized carbons (Fsp3) is 0.364. The van der Waals surface area contributed by atoms with E-state index in [-0.39, 0.29) is 12.5 Å². The standard InChI is InChI=1S/C22H29N3O4S/c1-16-10-6-8-12-19(16)14-24(18(3)22(27)23-4)21(26)15-25(30(5,28)29)20-13-9-7-11-17(20)2/h6-13,18H,14-15H2,1-5H3,(H,23,27). The number of nitrogens with zero attached hydrogens (tertiary/aromatic N) is 2. The lowest BCUT2D eigenvalue weighted by molar-refractivity contribution is -0.139. The van der Waals surface area contributed by atoms with Crippen molar-refractivity contribution in [3.63, 3.8) is 0 Å². The second-order valence-corrected chi connectivity index (χ2v) is 9.20. The summed E-state index contributed by atoms with van der Waals surface area (Å²) >= 11 is 0. The van der Waals surface area contributed by atoms with Gasteiger partial charge < -0.3 is 10.2 Å². The molecular weight excluding hydrogens is 402 g/mol. The smallest absolute Gasteiger partial charge is 0.244 e. The van der Waals surface area contributed by atoms with E-state index in [2.05, 4.69) is 5.32 Å². The number of carbonyl (C=O) groups excluding carboxylic acids is 2. The minimum Gasteiger partial charge on any atom is -0.357 e. The highest BCUT2D eigenvalue weighted by atomic mass is 32.2. The molecule has 2 rings (SSSR count). The van der Waals surface area contributed by atoms with Gasteiger partial charge in [0, 0.05) is 13.6 Å². The monoisotopic (exact) mass is 431 g/mol. The van der Waals surface area contributed by atoms with Crippen molar-refractivity contribution >= 4 is 27.5 Å². The molecular formula is C22H29N3O4S. The van der Waals surface area contributed by atoms with Crippen LogP contribution in [0.15, 0.2) is 48.5 Å². The number of aryl methyl sites for hydroxylation is 2. The summed E-state index contributed by atoms with van der Waals surface area (Å²) in [7, 11) is -2.21. The Hall–Kier alpha value is -2.87. The molecule has 0 bridgehead atoms. The highest BCUT2D eigenvalue weighted by Crippen LogP contribution is 2.23. The molecule has 2 aromatic carbocycles. The maximum atomic E-state index is 13.3. The molecule has 2 aromatic rings. The zero-order chi connectivity index (χ0) is 22.5. The van der Waals surface area contributed by atoms with Gasteiger partial charge in [-0.2, -0.15) is 0 Å². The van der Waals surface area contributed by atoms with Gasteiger partial charge in [-0.05, 0) is 43.5 Å². The van der Waals surface area contributed by atoms with Crippen LogP contribution in [0.4, 0.5) is 5.69 Å². The zero-order valence-electron chi connectivity index (χ0n) is 18.0. The summed E-state index contributed by atoms with van der Waals surface area (Å²) in [4.78, 5) is 27.0. The predicted molar refractivity (Wildman–Crippen MR) is 119 cm³/mol. The van der Waals surface area contributed by atoms with Gasteiger partial charge in [0.2, 0.25) is 21.8 Å². The molecule has 1 N–H and O–H groups in total. The van der Waals surface area contributed by atoms with E-state index >= 15 is 0 Å². The molecule has 8 heteroatoms. The van der Waals surface area contributed by atoms with Crippen LogP contribution in [0.2, 0.25) is 0 Å². The van der Waals surface area contributed by atoms with Gasteiger partial charge in [0.15, 0.2) is 0 Å². The fourth-order valence-electron chi connectivity index (χ4n) is 3.20. The highest BCUT2D eigenvalue weighted by Gasteiger charge is 2.30. The Labute approximate surface area is 178 Å². The lowest BCUT2D eigenvalue weighted by Crippen LogP contribution is -2.50. The summed E-state index contributed by atoms with van der Waals surface area (Å²) in [6.07, 6.45) is 1.07. The van der Waals surface area contributed by atoms with E-state index < -0.39 is 28.5 Å².